The molecule has 0 unspecified atom stereocenters. The number of rotatable bonds is 2. The van der Waals surface area contributed by atoms with Crippen molar-refractivity contribution < 1.29 is 4.79 Å². The number of carbonyl (C=O) groups is 1. The van der Waals surface area contributed by atoms with E-state index in [0.717, 1.165) is 30.8 Å². The molecule has 3 rings (SSSR count). The molecule has 0 radical (unpaired) electrons. The first-order chi connectivity index (χ1) is 9.25. The van der Waals surface area contributed by atoms with Crippen molar-refractivity contribution >= 4 is 17.2 Å². The van der Waals surface area contributed by atoms with E-state index >= 15 is 0 Å². The molecule has 1 saturated heterocycles. The summed E-state index contributed by atoms with van der Waals surface area (Å²) in [7, 11) is 0. The third-order valence-corrected chi connectivity index (χ3v) is 4.57. The van der Waals surface area contributed by atoms with Crippen LogP contribution in [0.4, 0.5) is 0 Å². The molecule has 5 heteroatoms. The summed E-state index contributed by atoms with van der Waals surface area (Å²) in [5.41, 5.74) is 2.37. The van der Waals surface area contributed by atoms with Gasteiger partial charge in [-0.1, -0.05) is 6.07 Å². The highest BCUT2D eigenvalue weighted by Gasteiger charge is 2.27. The summed E-state index contributed by atoms with van der Waals surface area (Å²) in [6, 6.07) is 3.83. The van der Waals surface area contributed by atoms with Crippen LogP contribution in [0.1, 0.15) is 39.7 Å². The molecule has 3 heterocycles. The predicted octanol–water partition coefficient (Wildman–Crippen LogP) is 2.80. The van der Waals surface area contributed by atoms with Gasteiger partial charge in [0.15, 0.2) is 0 Å². The maximum absolute atomic E-state index is 12.4. The van der Waals surface area contributed by atoms with Gasteiger partial charge in [-0.2, -0.15) is 5.10 Å². The zero-order chi connectivity index (χ0) is 13.2. The standard InChI is InChI=1S/C14H17N3OS/c1-10-8-15-16-13(10)11-4-2-6-17(9-11)14(18)12-5-3-7-19-12/h3,5,7-8,11H,2,4,6,9H2,1H3,(H,15,16)/t11-/m0/s1. The molecule has 2 aromatic rings. The van der Waals surface area contributed by atoms with E-state index in [9.17, 15) is 4.79 Å². The highest BCUT2D eigenvalue weighted by Crippen LogP contribution is 2.28. The van der Waals surface area contributed by atoms with E-state index in [-0.39, 0.29) is 5.91 Å². The Kier molecular flexibility index (Phi) is 3.38. The summed E-state index contributed by atoms with van der Waals surface area (Å²) in [4.78, 5) is 15.2. The molecule has 1 amide bonds. The highest BCUT2D eigenvalue weighted by molar-refractivity contribution is 7.12. The van der Waals surface area contributed by atoms with Gasteiger partial charge in [-0.15, -0.1) is 11.3 Å². The van der Waals surface area contributed by atoms with Gasteiger partial charge in [-0.3, -0.25) is 9.89 Å². The molecule has 2 aromatic heterocycles. The minimum absolute atomic E-state index is 0.164. The monoisotopic (exact) mass is 275 g/mol. The summed E-state index contributed by atoms with van der Waals surface area (Å²) in [5, 5.41) is 9.13. The number of carbonyl (C=O) groups excluding carboxylic acids is 1. The molecule has 0 aromatic carbocycles. The Balaban J connectivity index is 1.75. The molecule has 1 fully saturated rings. The first kappa shape index (κ1) is 12.4. The molecule has 0 bridgehead atoms. The summed E-state index contributed by atoms with van der Waals surface area (Å²) in [5.74, 6) is 0.553. The lowest BCUT2D eigenvalue weighted by Crippen LogP contribution is -2.39. The summed E-state index contributed by atoms with van der Waals surface area (Å²) in [6.45, 7) is 3.72. The Labute approximate surface area is 116 Å². The molecular weight excluding hydrogens is 258 g/mol. The van der Waals surface area contributed by atoms with Crippen LogP contribution in [0.2, 0.25) is 0 Å². The molecule has 100 valence electrons. The van der Waals surface area contributed by atoms with E-state index in [1.165, 1.54) is 22.6 Å². The third-order valence-electron chi connectivity index (χ3n) is 3.72. The number of likely N-dealkylation sites (tertiary alicyclic amines) is 1. The molecule has 0 aliphatic carbocycles. The second-order valence-corrected chi connectivity index (χ2v) is 5.98. The smallest absolute Gasteiger partial charge is 0.263 e. The van der Waals surface area contributed by atoms with Crippen molar-refractivity contribution in [1.82, 2.24) is 15.1 Å². The number of piperidine rings is 1. The number of nitrogens with one attached hydrogen (secondary N) is 1. The second kappa shape index (κ2) is 5.17. The van der Waals surface area contributed by atoms with Gasteiger partial charge in [0, 0.05) is 24.7 Å². The number of H-pyrrole nitrogens is 1. The van der Waals surface area contributed by atoms with Gasteiger partial charge in [-0.05, 0) is 36.8 Å². The first-order valence-corrected chi connectivity index (χ1v) is 7.46. The molecular formula is C14H17N3OS. The minimum Gasteiger partial charge on any atom is -0.337 e. The zero-order valence-corrected chi connectivity index (χ0v) is 11.7. The maximum Gasteiger partial charge on any atom is 0.263 e. The Morgan fingerprint density at radius 1 is 1.58 bits per heavy atom. The molecule has 19 heavy (non-hydrogen) atoms. The van der Waals surface area contributed by atoms with Gasteiger partial charge in [-0.25, -0.2) is 0 Å². The van der Waals surface area contributed by atoms with Crippen molar-refractivity contribution in [3.05, 3.63) is 39.8 Å². The number of nitrogens with zero attached hydrogens (tertiary/aromatic N) is 2. The topological polar surface area (TPSA) is 49.0 Å². The summed E-state index contributed by atoms with van der Waals surface area (Å²) in [6.07, 6.45) is 4.03. The first-order valence-electron chi connectivity index (χ1n) is 6.58. The van der Waals surface area contributed by atoms with Crippen LogP contribution in [0.3, 0.4) is 0 Å². The fraction of sp³-hybridized carbons (Fsp3) is 0.429. The van der Waals surface area contributed by atoms with E-state index in [0.29, 0.717) is 5.92 Å². The van der Waals surface area contributed by atoms with Crippen molar-refractivity contribution in [3.63, 3.8) is 0 Å². The van der Waals surface area contributed by atoms with Gasteiger partial charge in [0.25, 0.3) is 5.91 Å². The zero-order valence-electron chi connectivity index (χ0n) is 10.9. The molecule has 1 aliphatic rings. The largest absolute Gasteiger partial charge is 0.337 e. The second-order valence-electron chi connectivity index (χ2n) is 5.03. The van der Waals surface area contributed by atoms with Crippen LogP contribution < -0.4 is 0 Å². The van der Waals surface area contributed by atoms with Gasteiger partial charge in [0.05, 0.1) is 11.1 Å². The van der Waals surface area contributed by atoms with E-state index in [1.54, 1.807) is 0 Å². The normalized spacial score (nSPS) is 19.6. The number of thiophene rings is 1. The van der Waals surface area contributed by atoms with Gasteiger partial charge < -0.3 is 4.90 Å². The van der Waals surface area contributed by atoms with Gasteiger partial charge in [0.1, 0.15) is 0 Å². The van der Waals surface area contributed by atoms with Crippen LogP contribution in [0.5, 0.6) is 0 Å². The summed E-state index contributed by atoms with van der Waals surface area (Å²) >= 11 is 1.52. The fourth-order valence-electron chi connectivity index (χ4n) is 2.72. The number of amides is 1. The lowest BCUT2D eigenvalue weighted by molar-refractivity contribution is 0.0710. The fourth-order valence-corrected chi connectivity index (χ4v) is 3.41. The number of aromatic amines is 1. The maximum atomic E-state index is 12.4. The Bertz CT molecular complexity index is 561. The number of hydrogen-bond acceptors (Lipinski definition) is 3. The van der Waals surface area contributed by atoms with Crippen LogP contribution in [-0.2, 0) is 0 Å². The number of aromatic nitrogens is 2. The third kappa shape index (κ3) is 2.42. The van der Waals surface area contributed by atoms with E-state index < -0.39 is 0 Å². The lowest BCUT2D eigenvalue weighted by atomic mass is 9.93. The van der Waals surface area contributed by atoms with Crippen molar-refractivity contribution in [3.8, 4) is 0 Å². The van der Waals surface area contributed by atoms with Crippen LogP contribution in [-0.4, -0.2) is 34.1 Å². The predicted molar refractivity (Wildman–Crippen MR) is 75.5 cm³/mol. The number of aryl methyl sites for hydroxylation is 1. The average Bonchev–Trinajstić information content (AvgIpc) is 3.09. The number of hydrogen-bond donors (Lipinski definition) is 1. The van der Waals surface area contributed by atoms with Gasteiger partial charge >= 0.3 is 0 Å². The molecule has 0 saturated carbocycles. The minimum atomic E-state index is 0.164. The van der Waals surface area contributed by atoms with Crippen LogP contribution in [0, 0.1) is 6.92 Å². The molecule has 1 N–H and O–H groups in total. The summed E-state index contributed by atoms with van der Waals surface area (Å²) < 4.78 is 0. The van der Waals surface area contributed by atoms with E-state index in [2.05, 4.69) is 17.1 Å². The lowest BCUT2D eigenvalue weighted by Gasteiger charge is -2.32. The van der Waals surface area contributed by atoms with Gasteiger partial charge in [0.2, 0.25) is 0 Å². The van der Waals surface area contributed by atoms with Crippen molar-refractivity contribution in [2.45, 2.75) is 25.7 Å². The molecule has 1 aliphatic heterocycles. The molecule has 4 nitrogen and oxygen atoms in total. The SMILES string of the molecule is Cc1cn[nH]c1[C@H]1CCCN(C(=O)c2cccs2)C1. The quantitative estimate of drug-likeness (QED) is 0.916. The molecule has 1 atom stereocenters. The Morgan fingerprint density at radius 2 is 2.47 bits per heavy atom. The Hall–Kier alpha value is -1.62. The van der Waals surface area contributed by atoms with Crippen molar-refractivity contribution in [2.24, 2.45) is 0 Å². The van der Waals surface area contributed by atoms with E-state index in [1.807, 2.05) is 28.6 Å². The Morgan fingerprint density at radius 3 is 3.16 bits per heavy atom. The van der Waals surface area contributed by atoms with Crippen LogP contribution in [0.25, 0.3) is 0 Å². The highest BCUT2D eigenvalue weighted by atomic mass is 32.1. The van der Waals surface area contributed by atoms with Crippen LogP contribution in [0.15, 0.2) is 23.7 Å². The van der Waals surface area contributed by atoms with E-state index in [4.69, 9.17) is 0 Å². The average molecular weight is 275 g/mol. The molecule has 0 spiro atoms. The van der Waals surface area contributed by atoms with Crippen molar-refractivity contribution in [2.75, 3.05) is 13.1 Å². The van der Waals surface area contributed by atoms with Crippen LogP contribution >= 0.6 is 11.3 Å². The van der Waals surface area contributed by atoms with Crippen molar-refractivity contribution in [1.29, 1.82) is 0 Å².